The van der Waals surface area contributed by atoms with Gasteiger partial charge in [-0.2, -0.15) is 0 Å². The van der Waals surface area contributed by atoms with E-state index in [1.54, 1.807) is 0 Å². The van der Waals surface area contributed by atoms with Crippen molar-refractivity contribution in [3.63, 3.8) is 0 Å². The van der Waals surface area contributed by atoms with Gasteiger partial charge in [-0.1, -0.05) is 32.8 Å². The highest BCUT2D eigenvalue weighted by Crippen LogP contribution is 2.08. The summed E-state index contributed by atoms with van der Waals surface area (Å²) in [5.41, 5.74) is 0. The summed E-state index contributed by atoms with van der Waals surface area (Å²) in [6.45, 7) is 8.14. The first kappa shape index (κ1) is 13.8. The van der Waals surface area contributed by atoms with Crippen molar-refractivity contribution < 1.29 is 0 Å². The summed E-state index contributed by atoms with van der Waals surface area (Å²) in [5, 5.41) is 0. The second-order valence-corrected chi connectivity index (χ2v) is 3.51. The molecule has 0 saturated carbocycles. The molecule has 0 saturated heterocycles. The number of hydrogen-bond donors (Lipinski definition) is 0. The molecule has 0 radical (unpaired) electrons. The van der Waals surface area contributed by atoms with Gasteiger partial charge in [0.25, 0.3) is 0 Å². The van der Waals surface area contributed by atoms with Crippen LogP contribution in [0.4, 0.5) is 0 Å². The van der Waals surface area contributed by atoms with Gasteiger partial charge in [-0.3, -0.25) is 0 Å². The zero-order valence-electron chi connectivity index (χ0n) is 8.98. The Bertz CT molecular complexity index is 180. The second-order valence-electron chi connectivity index (χ2n) is 3.51. The Labute approximate surface area is 105 Å². The van der Waals surface area contributed by atoms with Gasteiger partial charge in [0.15, 0.2) is 0 Å². The van der Waals surface area contributed by atoms with Crippen molar-refractivity contribution in [3.8, 4) is 0 Å². The van der Waals surface area contributed by atoms with Crippen LogP contribution in [-0.4, -0.2) is 23.0 Å². The van der Waals surface area contributed by atoms with E-state index >= 15 is 0 Å². The molecule has 0 N–H and O–H groups in total. The van der Waals surface area contributed by atoms with Crippen molar-refractivity contribution in [1.82, 2.24) is 9.80 Å². The van der Waals surface area contributed by atoms with E-state index in [0.29, 0.717) is 0 Å². The van der Waals surface area contributed by atoms with E-state index < -0.39 is 0 Å². The van der Waals surface area contributed by atoms with Crippen LogP contribution in [0.2, 0.25) is 0 Å². The van der Waals surface area contributed by atoms with Crippen molar-refractivity contribution in [2.75, 3.05) is 13.2 Å². The predicted octanol–water partition coefficient (Wildman–Crippen LogP) is 3.37. The van der Waals surface area contributed by atoms with Gasteiger partial charge in [-0.15, -0.1) is 24.0 Å². The highest BCUT2D eigenvalue weighted by molar-refractivity contribution is 14.0. The van der Waals surface area contributed by atoms with E-state index in [1.807, 2.05) is 6.20 Å². The molecule has 1 rings (SSSR count). The SMILES string of the molecule is C=CN1C=CN(CCCCCC)C1.I. The molecule has 0 aromatic heterocycles. The van der Waals surface area contributed by atoms with E-state index in [2.05, 4.69) is 35.7 Å². The monoisotopic (exact) mass is 308 g/mol. The fourth-order valence-electron chi connectivity index (χ4n) is 1.49. The van der Waals surface area contributed by atoms with Crippen molar-refractivity contribution >= 4 is 24.0 Å². The van der Waals surface area contributed by atoms with E-state index in [0.717, 1.165) is 6.67 Å². The van der Waals surface area contributed by atoms with E-state index in [4.69, 9.17) is 0 Å². The minimum Gasteiger partial charge on any atom is -0.358 e. The van der Waals surface area contributed by atoms with Crippen molar-refractivity contribution in [1.29, 1.82) is 0 Å². The number of nitrogens with zero attached hydrogens (tertiary/aromatic N) is 2. The van der Waals surface area contributed by atoms with E-state index in [-0.39, 0.29) is 24.0 Å². The molecule has 0 aromatic carbocycles. The molecule has 0 bridgehead atoms. The third-order valence-corrected chi connectivity index (χ3v) is 2.35. The summed E-state index contributed by atoms with van der Waals surface area (Å²) < 4.78 is 0. The van der Waals surface area contributed by atoms with Gasteiger partial charge >= 0.3 is 0 Å². The third-order valence-electron chi connectivity index (χ3n) is 2.35. The average molecular weight is 308 g/mol. The molecule has 1 aliphatic rings. The number of unbranched alkanes of at least 4 members (excludes halogenated alkanes) is 3. The molecular formula is C11H21IN2. The molecule has 0 atom stereocenters. The summed E-state index contributed by atoms with van der Waals surface area (Å²) in [6.07, 6.45) is 11.4. The summed E-state index contributed by atoms with van der Waals surface area (Å²) in [5.74, 6) is 0. The number of halogens is 1. The summed E-state index contributed by atoms with van der Waals surface area (Å²) >= 11 is 0. The number of hydrogen-bond acceptors (Lipinski definition) is 2. The van der Waals surface area contributed by atoms with Crippen LogP contribution in [-0.2, 0) is 0 Å². The maximum absolute atomic E-state index is 3.73. The summed E-state index contributed by atoms with van der Waals surface area (Å²) in [4.78, 5) is 4.43. The largest absolute Gasteiger partial charge is 0.358 e. The standard InChI is InChI=1S/C11H20N2.HI/c1-3-5-6-7-8-13-10-9-12(4-2)11-13;/h4,9-10H,2-3,5-8,11H2,1H3;1H. The molecule has 82 valence electrons. The molecule has 3 heteroatoms. The average Bonchev–Trinajstić information content (AvgIpc) is 2.60. The molecule has 0 unspecified atom stereocenters. The first-order valence-corrected chi connectivity index (χ1v) is 5.17. The van der Waals surface area contributed by atoms with Gasteiger partial charge < -0.3 is 9.80 Å². The number of rotatable bonds is 6. The summed E-state index contributed by atoms with van der Waals surface area (Å²) in [7, 11) is 0. The van der Waals surface area contributed by atoms with Crippen LogP contribution in [0.3, 0.4) is 0 Å². The molecule has 1 aliphatic heterocycles. The molecule has 0 aromatic rings. The Balaban J connectivity index is 0.00000169. The van der Waals surface area contributed by atoms with E-state index in [1.165, 1.54) is 32.2 Å². The van der Waals surface area contributed by atoms with Gasteiger partial charge in [-0.25, -0.2) is 0 Å². The fraction of sp³-hybridized carbons (Fsp3) is 0.636. The Morgan fingerprint density at radius 1 is 1.29 bits per heavy atom. The molecular weight excluding hydrogens is 287 g/mol. The smallest absolute Gasteiger partial charge is 0.0935 e. The Morgan fingerprint density at radius 2 is 2.07 bits per heavy atom. The lowest BCUT2D eigenvalue weighted by Crippen LogP contribution is -2.22. The van der Waals surface area contributed by atoms with Crippen molar-refractivity contribution in [2.24, 2.45) is 0 Å². The zero-order chi connectivity index (χ0) is 9.52. The van der Waals surface area contributed by atoms with Gasteiger partial charge in [0, 0.05) is 18.9 Å². The Morgan fingerprint density at radius 3 is 2.64 bits per heavy atom. The second kappa shape index (κ2) is 8.15. The topological polar surface area (TPSA) is 6.48 Å². The minimum atomic E-state index is 0. The van der Waals surface area contributed by atoms with Crippen molar-refractivity contribution in [3.05, 3.63) is 25.2 Å². The highest BCUT2D eigenvalue weighted by atomic mass is 127. The van der Waals surface area contributed by atoms with Gasteiger partial charge in [0.05, 0.1) is 6.67 Å². The highest BCUT2D eigenvalue weighted by Gasteiger charge is 2.07. The Kier molecular flexibility index (Phi) is 8.04. The molecule has 0 spiro atoms. The maximum atomic E-state index is 3.73. The quantitative estimate of drug-likeness (QED) is 0.548. The lowest BCUT2D eigenvalue weighted by molar-refractivity contribution is 0.308. The third kappa shape index (κ3) is 4.88. The molecule has 1 heterocycles. The minimum absolute atomic E-state index is 0. The predicted molar refractivity (Wildman–Crippen MR) is 72.3 cm³/mol. The summed E-state index contributed by atoms with van der Waals surface area (Å²) in [6, 6.07) is 0. The molecule has 0 fully saturated rings. The fourth-order valence-corrected chi connectivity index (χ4v) is 1.49. The van der Waals surface area contributed by atoms with E-state index in [9.17, 15) is 0 Å². The molecule has 0 amide bonds. The first-order valence-electron chi connectivity index (χ1n) is 5.17. The normalized spacial score (nSPS) is 14.4. The van der Waals surface area contributed by atoms with Gasteiger partial charge in [-0.05, 0) is 12.6 Å². The maximum Gasteiger partial charge on any atom is 0.0935 e. The molecule has 14 heavy (non-hydrogen) atoms. The first-order chi connectivity index (χ1) is 6.36. The zero-order valence-corrected chi connectivity index (χ0v) is 11.3. The van der Waals surface area contributed by atoms with Gasteiger partial charge in [0.1, 0.15) is 0 Å². The van der Waals surface area contributed by atoms with Crippen LogP contribution < -0.4 is 0 Å². The van der Waals surface area contributed by atoms with Crippen LogP contribution in [0.15, 0.2) is 25.2 Å². The molecule has 2 nitrogen and oxygen atoms in total. The lowest BCUT2D eigenvalue weighted by Gasteiger charge is -2.17. The van der Waals surface area contributed by atoms with Crippen LogP contribution in [0.1, 0.15) is 32.6 Å². The van der Waals surface area contributed by atoms with Crippen LogP contribution >= 0.6 is 24.0 Å². The molecule has 0 aliphatic carbocycles. The van der Waals surface area contributed by atoms with Crippen LogP contribution in [0, 0.1) is 0 Å². The lowest BCUT2D eigenvalue weighted by atomic mass is 10.2. The van der Waals surface area contributed by atoms with Gasteiger partial charge in [0.2, 0.25) is 0 Å². The van der Waals surface area contributed by atoms with Crippen LogP contribution in [0.25, 0.3) is 0 Å². The Hall–Kier alpha value is -0.190. The van der Waals surface area contributed by atoms with Crippen molar-refractivity contribution in [2.45, 2.75) is 32.6 Å². The van der Waals surface area contributed by atoms with Crippen LogP contribution in [0.5, 0.6) is 0 Å².